The Morgan fingerprint density at radius 2 is 1.04 bits per heavy atom. The molecule has 0 bridgehead atoms. The molecule has 6 aromatic rings. The summed E-state index contributed by atoms with van der Waals surface area (Å²) in [5.41, 5.74) is 11.6. The molecule has 12 nitrogen and oxygen atoms in total. The second kappa shape index (κ2) is 13.5. The van der Waals surface area contributed by atoms with Gasteiger partial charge in [0.25, 0.3) is 0 Å². The molecule has 2 N–H and O–H groups in total. The molecule has 0 fully saturated rings. The number of hydrazine groups is 1. The number of aromatic nitrogens is 6. The van der Waals surface area contributed by atoms with Crippen molar-refractivity contribution >= 4 is 45.4 Å². The van der Waals surface area contributed by atoms with Crippen LogP contribution < -0.4 is 10.9 Å². The third-order valence-electron chi connectivity index (χ3n) is 8.19. The van der Waals surface area contributed by atoms with Crippen LogP contribution in [0.5, 0.6) is 0 Å². The van der Waals surface area contributed by atoms with Crippen molar-refractivity contribution in [3.63, 3.8) is 0 Å². The van der Waals surface area contributed by atoms with Crippen LogP contribution in [0, 0.1) is 13.8 Å². The Morgan fingerprint density at radius 3 is 1.44 bits per heavy atom. The summed E-state index contributed by atoms with van der Waals surface area (Å²) in [5.74, 6) is 0.245. The van der Waals surface area contributed by atoms with Gasteiger partial charge in [-0.25, -0.2) is 29.5 Å². The van der Waals surface area contributed by atoms with Crippen LogP contribution >= 0.6 is 0 Å². The summed E-state index contributed by atoms with van der Waals surface area (Å²) in [4.78, 5) is 45.2. The zero-order chi connectivity index (χ0) is 33.9. The molecule has 0 spiro atoms. The van der Waals surface area contributed by atoms with Gasteiger partial charge in [0.2, 0.25) is 0 Å². The van der Waals surface area contributed by atoms with E-state index in [1.165, 1.54) is 0 Å². The predicted molar refractivity (Wildman–Crippen MR) is 184 cm³/mol. The number of aryl methyl sites for hydroxylation is 4. The molecule has 2 aromatic carbocycles. The maximum atomic E-state index is 13.2. The summed E-state index contributed by atoms with van der Waals surface area (Å²) in [6, 6.07) is 16.3. The first kappa shape index (κ1) is 32.2. The van der Waals surface area contributed by atoms with Crippen LogP contribution in [0.4, 0.5) is 11.6 Å². The maximum absolute atomic E-state index is 13.2. The number of benzene rings is 2. The summed E-state index contributed by atoms with van der Waals surface area (Å²) in [6.45, 7) is 7.32. The predicted octanol–water partition coefficient (Wildman–Crippen LogP) is 5.84. The summed E-state index contributed by atoms with van der Waals surface area (Å²) >= 11 is 0. The molecule has 246 valence electrons. The molecule has 0 aliphatic heterocycles. The number of hydrogen-bond donors (Lipinski definition) is 2. The van der Waals surface area contributed by atoms with Crippen molar-refractivity contribution in [3.05, 3.63) is 106 Å². The Bertz CT molecular complexity index is 2010. The van der Waals surface area contributed by atoms with Crippen molar-refractivity contribution in [3.8, 4) is 0 Å². The van der Waals surface area contributed by atoms with Crippen molar-refractivity contribution in [2.24, 2.45) is 14.1 Å². The lowest BCUT2D eigenvalue weighted by Gasteiger charge is -2.17. The SMILES string of the molecule is CCOC(=O)c1c(C)nc(Cc2cn(C)c3ccccc23)nc1NNc1nc(Cc2cn(C)c3ccccc23)nc(C)c1C(=O)OCC. The Morgan fingerprint density at radius 1 is 0.646 bits per heavy atom. The zero-order valence-corrected chi connectivity index (χ0v) is 27.9. The Hall–Kier alpha value is -5.78. The summed E-state index contributed by atoms with van der Waals surface area (Å²) in [7, 11) is 4.00. The van der Waals surface area contributed by atoms with Crippen LogP contribution in [0.15, 0.2) is 60.9 Å². The molecule has 0 saturated carbocycles. The fourth-order valence-corrected chi connectivity index (χ4v) is 6.09. The monoisotopic (exact) mass is 646 g/mol. The van der Waals surface area contributed by atoms with Crippen molar-refractivity contribution in [2.45, 2.75) is 40.5 Å². The van der Waals surface area contributed by atoms with E-state index in [0.29, 0.717) is 35.9 Å². The number of nitrogens with zero attached hydrogens (tertiary/aromatic N) is 6. The lowest BCUT2D eigenvalue weighted by Crippen LogP contribution is -2.22. The van der Waals surface area contributed by atoms with Crippen LogP contribution in [0.3, 0.4) is 0 Å². The number of ether oxygens (including phenoxy) is 2. The average molecular weight is 647 g/mol. The molecule has 6 rings (SSSR count). The molecule has 0 amide bonds. The first-order valence-electron chi connectivity index (χ1n) is 15.9. The molecule has 12 heteroatoms. The lowest BCUT2D eigenvalue weighted by atomic mass is 10.1. The van der Waals surface area contributed by atoms with Gasteiger partial charge in [-0.15, -0.1) is 0 Å². The van der Waals surface area contributed by atoms with Gasteiger partial charge >= 0.3 is 11.9 Å². The van der Waals surface area contributed by atoms with E-state index < -0.39 is 11.9 Å². The summed E-state index contributed by atoms with van der Waals surface area (Å²) in [6.07, 6.45) is 4.97. The minimum atomic E-state index is -0.572. The van der Waals surface area contributed by atoms with E-state index >= 15 is 0 Å². The third kappa shape index (κ3) is 6.28. The molecule has 0 unspecified atom stereocenters. The van der Waals surface area contributed by atoms with E-state index in [1.807, 2.05) is 38.4 Å². The normalized spacial score (nSPS) is 11.2. The molecule has 0 atom stereocenters. The number of carbonyl (C=O) groups excluding carboxylic acids is 2. The Kier molecular flexibility index (Phi) is 9.06. The zero-order valence-electron chi connectivity index (χ0n) is 27.9. The molecule has 0 aliphatic carbocycles. The van der Waals surface area contributed by atoms with Gasteiger partial charge in [0.1, 0.15) is 22.8 Å². The fourth-order valence-electron chi connectivity index (χ4n) is 6.09. The molecule has 48 heavy (non-hydrogen) atoms. The van der Waals surface area contributed by atoms with Crippen LogP contribution in [-0.4, -0.2) is 54.2 Å². The van der Waals surface area contributed by atoms with E-state index in [2.05, 4.69) is 66.6 Å². The molecule has 4 aromatic heterocycles. The summed E-state index contributed by atoms with van der Waals surface area (Å²) in [5, 5.41) is 2.19. The largest absolute Gasteiger partial charge is 0.462 e. The highest BCUT2D eigenvalue weighted by Crippen LogP contribution is 2.27. The van der Waals surface area contributed by atoms with Crippen LogP contribution in [0.2, 0.25) is 0 Å². The first-order chi connectivity index (χ1) is 23.2. The molecule has 0 aliphatic rings. The van der Waals surface area contributed by atoms with E-state index in [0.717, 1.165) is 32.9 Å². The van der Waals surface area contributed by atoms with Crippen LogP contribution in [-0.2, 0) is 36.4 Å². The molecule has 0 saturated heterocycles. The highest BCUT2D eigenvalue weighted by molar-refractivity contribution is 5.97. The third-order valence-corrected chi connectivity index (χ3v) is 8.19. The van der Waals surface area contributed by atoms with Gasteiger partial charge in [0.05, 0.1) is 24.6 Å². The number of esters is 2. The van der Waals surface area contributed by atoms with E-state index in [-0.39, 0.29) is 36.0 Å². The number of fused-ring (bicyclic) bond motifs is 2. The van der Waals surface area contributed by atoms with Gasteiger partial charge in [-0.3, -0.25) is 10.9 Å². The number of nitrogens with one attached hydrogen (secondary N) is 2. The Balaban J connectivity index is 1.38. The smallest absolute Gasteiger partial charge is 0.343 e. The second-order valence-electron chi connectivity index (χ2n) is 11.5. The van der Waals surface area contributed by atoms with Crippen molar-refractivity contribution in [1.29, 1.82) is 0 Å². The van der Waals surface area contributed by atoms with Gasteiger partial charge in [0, 0.05) is 61.1 Å². The van der Waals surface area contributed by atoms with Crippen LogP contribution in [0.25, 0.3) is 21.8 Å². The molecular formula is C36H38N8O4. The molecule has 0 radical (unpaired) electrons. The average Bonchev–Trinajstić information content (AvgIpc) is 3.54. The standard InChI is InChI=1S/C36H38N8O4/c1-7-47-35(45)31-21(3)37-29(17-23-19-43(5)27-15-11-9-13-25(23)27)39-33(31)41-42-34-32(36(46)48-8-2)22(4)38-30(40-34)18-24-20-44(6)28-16-12-10-14-26(24)28/h9-16,19-20H,7-8,17-18H2,1-6H3,(H,37,39,41)(H,38,40,42). The number of para-hydroxylation sites is 2. The van der Waals surface area contributed by atoms with Crippen molar-refractivity contribution in [2.75, 3.05) is 24.1 Å². The lowest BCUT2D eigenvalue weighted by molar-refractivity contribution is 0.0515. The Labute approximate surface area is 278 Å². The first-order valence-corrected chi connectivity index (χ1v) is 15.9. The topological polar surface area (TPSA) is 138 Å². The van der Waals surface area contributed by atoms with E-state index in [9.17, 15) is 9.59 Å². The van der Waals surface area contributed by atoms with Gasteiger partial charge in [-0.2, -0.15) is 0 Å². The van der Waals surface area contributed by atoms with Crippen LogP contribution in [0.1, 0.15) is 68.7 Å². The van der Waals surface area contributed by atoms with Crippen molar-refractivity contribution in [1.82, 2.24) is 29.1 Å². The fraction of sp³-hybridized carbons (Fsp3) is 0.278. The number of anilines is 2. The number of hydrogen-bond acceptors (Lipinski definition) is 10. The summed E-state index contributed by atoms with van der Waals surface area (Å²) < 4.78 is 14.9. The molecule has 4 heterocycles. The van der Waals surface area contributed by atoms with Gasteiger partial charge in [-0.05, 0) is 51.0 Å². The molecular weight excluding hydrogens is 608 g/mol. The van der Waals surface area contributed by atoms with Crippen molar-refractivity contribution < 1.29 is 19.1 Å². The highest BCUT2D eigenvalue weighted by Gasteiger charge is 2.24. The van der Waals surface area contributed by atoms with Gasteiger partial charge in [-0.1, -0.05) is 36.4 Å². The minimum Gasteiger partial charge on any atom is -0.462 e. The highest BCUT2D eigenvalue weighted by atomic mass is 16.5. The number of rotatable bonds is 11. The second-order valence-corrected chi connectivity index (χ2v) is 11.5. The number of carbonyl (C=O) groups is 2. The van der Waals surface area contributed by atoms with E-state index in [4.69, 9.17) is 19.4 Å². The van der Waals surface area contributed by atoms with Gasteiger partial charge in [0.15, 0.2) is 11.6 Å². The van der Waals surface area contributed by atoms with E-state index in [1.54, 1.807) is 27.7 Å². The minimum absolute atomic E-state index is 0.172. The maximum Gasteiger partial charge on any atom is 0.343 e. The quantitative estimate of drug-likeness (QED) is 0.130. The van der Waals surface area contributed by atoms with Gasteiger partial charge < -0.3 is 18.6 Å².